The molecule has 1 aromatic heterocycles. The molecule has 1 fully saturated rings. The number of carboxylic acids is 1. The van der Waals surface area contributed by atoms with Gasteiger partial charge >= 0.3 is 5.97 Å². The molecule has 2 atom stereocenters. The standard InChI is InChI=1S/C26H26FNO4.C3H6/c1-16(26(29)30)12-17-6-7-18-4-3-5-23(32-24(18)13-17)21-9-8-19(14-22(21)27)20-10-11-28-25(15-20)31-2;1-2-3-1/h6-11,13-16,23H,3-5,12H2,1-2H3,(H,29,30);1-3H2. The van der Waals surface area contributed by atoms with E-state index in [9.17, 15) is 9.90 Å². The maximum Gasteiger partial charge on any atom is 0.306 e. The van der Waals surface area contributed by atoms with Gasteiger partial charge in [0.05, 0.1) is 13.0 Å². The van der Waals surface area contributed by atoms with Crippen molar-refractivity contribution in [1.82, 2.24) is 4.98 Å². The number of pyridine rings is 1. The first-order valence-corrected chi connectivity index (χ1v) is 12.3. The quantitative estimate of drug-likeness (QED) is 0.423. The number of fused-ring (bicyclic) bond motifs is 1. The summed E-state index contributed by atoms with van der Waals surface area (Å²) in [5.41, 5.74) is 4.06. The van der Waals surface area contributed by atoms with Crippen LogP contribution in [0.2, 0.25) is 0 Å². The predicted octanol–water partition coefficient (Wildman–Crippen LogP) is 6.79. The van der Waals surface area contributed by atoms with Crippen LogP contribution in [0.3, 0.4) is 0 Å². The van der Waals surface area contributed by atoms with Crippen molar-refractivity contribution in [3.8, 4) is 22.8 Å². The Hall–Kier alpha value is -3.41. The summed E-state index contributed by atoms with van der Waals surface area (Å²) < 4.78 is 26.6. The van der Waals surface area contributed by atoms with Crippen LogP contribution < -0.4 is 9.47 Å². The zero-order valence-electron chi connectivity index (χ0n) is 20.3. The van der Waals surface area contributed by atoms with Crippen molar-refractivity contribution in [3.05, 3.63) is 77.2 Å². The topological polar surface area (TPSA) is 68.7 Å². The van der Waals surface area contributed by atoms with E-state index < -0.39 is 18.0 Å². The summed E-state index contributed by atoms with van der Waals surface area (Å²) in [7, 11) is 1.55. The normalized spacial score (nSPS) is 17.1. The number of aryl methyl sites for hydroxylation is 1. The van der Waals surface area contributed by atoms with Gasteiger partial charge in [0.1, 0.15) is 17.7 Å². The molecule has 1 aliphatic carbocycles. The number of aliphatic carboxylic acids is 1. The Morgan fingerprint density at radius 2 is 1.89 bits per heavy atom. The smallest absolute Gasteiger partial charge is 0.306 e. The Bertz CT molecular complexity index is 1170. The minimum Gasteiger partial charge on any atom is -0.485 e. The van der Waals surface area contributed by atoms with Crippen LogP contribution in [0.1, 0.15) is 61.8 Å². The van der Waals surface area contributed by atoms with E-state index in [1.165, 1.54) is 25.3 Å². The Morgan fingerprint density at radius 3 is 2.57 bits per heavy atom. The Morgan fingerprint density at radius 1 is 1.11 bits per heavy atom. The summed E-state index contributed by atoms with van der Waals surface area (Å²) in [6.07, 6.45) is 8.59. The van der Waals surface area contributed by atoms with E-state index in [0.29, 0.717) is 30.0 Å². The van der Waals surface area contributed by atoms with Gasteiger partial charge in [0.15, 0.2) is 0 Å². The number of carbonyl (C=O) groups is 1. The molecule has 35 heavy (non-hydrogen) atoms. The summed E-state index contributed by atoms with van der Waals surface area (Å²) in [5, 5.41) is 9.20. The van der Waals surface area contributed by atoms with Crippen LogP contribution >= 0.6 is 0 Å². The first-order valence-electron chi connectivity index (χ1n) is 12.3. The van der Waals surface area contributed by atoms with E-state index in [1.807, 2.05) is 30.3 Å². The second-order valence-electron chi connectivity index (χ2n) is 9.27. The Kier molecular flexibility index (Phi) is 8.01. The number of hydrogen-bond acceptors (Lipinski definition) is 4. The molecule has 3 aromatic rings. The van der Waals surface area contributed by atoms with Gasteiger partial charge in [-0.3, -0.25) is 4.79 Å². The van der Waals surface area contributed by atoms with Crippen LogP contribution in [0.25, 0.3) is 11.1 Å². The van der Waals surface area contributed by atoms with Gasteiger partial charge in [0.2, 0.25) is 5.88 Å². The molecule has 0 bridgehead atoms. The van der Waals surface area contributed by atoms with Gasteiger partial charge in [-0.25, -0.2) is 9.37 Å². The second kappa shape index (κ2) is 11.3. The van der Waals surface area contributed by atoms with Gasteiger partial charge in [0, 0.05) is 17.8 Å². The molecule has 5 rings (SSSR count). The second-order valence-corrected chi connectivity index (χ2v) is 9.27. The molecule has 0 spiro atoms. The Balaban J connectivity index is 0.000000894. The molecular formula is C29H32FNO4. The summed E-state index contributed by atoms with van der Waals surface area (Å²) in [6.45, 7) is 1.69. The first-order chi connectivity index (χ1) is 16.9. The van der Waals surface area contributed by atoms with Crippen molar-refractivity contribution in [2.75, 3.05) is 7.11 Å². The third-order valence-electron chi connectivity index (χ3n) is 6.25. The van der Waals surface area contributed by atoms with E-state index in [0.717, 1.165) is 35.1 Å². The summed E-state index contributed by atoms with van der Waals surface area (Å²) in [5.74, 6) is -0.435. The average Bonchev–Trinajstić information content (AvgIpc) is 3.74. The molecular weight excluding hydrogens is 445 g/mol. The van der Waals surface area contributed by atoms with E-state index in [2.05, 4.69) is 4.98 Å². The molecule has 2 heterocycles. The van der Waals surface area contributed by atoms with Crippen molar-refractivity contribution in [2.45, 2.75) is 58.0 Å². The van der Waals surface area contributed by atoms with Crippen LogP contribution in [-0.2, 0) is 17.6 Å². The molecule has 1 saturated carbocycles. The van der Waals surface area contributed by atoms with Crippen LogP contribution in [-0.4, -0.2) is 23.2 Å². The van der Waals surface area contributed by atoms with Gasteiger partial charge in [0.25, 0.3) is 0 Å². The minimum absolute atomic E-state index is 0.317. The molecule has 0 amide bonds. The monoisotopic (exact) mass is 477 g/mol. The minimum atomic E-state index is -0.826. The van der Waals surface area contributed by atoms with Gasteiger partial charge in [-0.1, -0.05) is 50.5 Å². The van der Waals surface area contributed by atoms with E-state index in [1.54, 1.807) is 32.4 Å². The lowest BCUT2D eigenvalue weighted by molar-refractivity contribution is -0.141. The molecule has 184 valence electrons. The lowest BCUT2D eigenvalue weighted by atomic mass is 9.98. The number of benzene rings is 2. The molecule has 6 heteroatoms. The number of methoxy groups -OCH3 is 1. The molecule has 1 N–H and O–H groups in total. The SMILES string of the molecule is C1CC1.COc1cc(-c2ccc(C3CCCc4ccc(CC(C)C(=O)O)cc4O3)c(F)c2)ccn1. The fourth-order valence-electron chi connectivity index (χ4n) is 4.06. The third kappa shape index (κ3) is 6.59. The zero-order valence-corrected chi connectivity index (χ0v) is 20.3. The number of rotatable bonds is 6. The first kappa shape index (κ1) is 24.7. The molecule has 2 aliphatic rings. The van der Waals surface area contributed by atoms with Crippen molar-refractivity contribution >= 4 is 5.97 Å². The number of halogens is 1. The van der Waals surface area contributed by atoms with Crippen molar-refractivity contribution in [3.63, 3.8) is 0 Å². The molecule has 1 aliphatic heterocycles. The number of hydrogen-bond donors (Lipinski definition) is 1. The molecule has 2 aromatic carbocycles. The van der Waals surface area contributed by atoms with Gasteiger partial charge in [-0.2, -0.15) is 0 Å². The molecule has 0 saturated heterocycles. The number of aromatic nitrogens is 1. The summed E-state index contributed by atoms with van der Waals surface area (Å²) in [6, 6.07) is 14.6. The van der Waals surface area contributed by atoms with Crippen molar-refractivity contribution in [2.24, 2.45) is 5.92 Å². The number of ether oxygens (including phenoxy) is 2. The highest BCUT2D eigenvalue weighted by atomic mass is 19.1. The van der Waals surface area contributed by atoms with Crippen LogP contribution in [0.5, 0.6) is 11.6 Å². The number of nitrogens with zero attached hydrogens (tertiary/aromatic N) is 1. The van der Waals surface area contributed by atoms with Crippen molar-refractivity contribution < 1.29 is 23.8 Å². The maximum atomic E-state index is 15.2. The lowest BCUT2D eigenvalue weighted by Crippen LogP contribution is -2.12. The van der Waals surface area contributed by atoms with Crippen LogP contribution in [0.4, 0.5) is 4.39 Å². The average molecular weight is 478 g/mol. The summed E-state index contributed by atoms with van der Waals surface area (Å²) in [4.78, 5) is 15.3. The third-order valence-corrected chi connectivity index (χ3v) is 6.25. The Labute approximate surface area is 205 Å². The highest BCUT2D eigenvalue weighted by Crippen LogP contribution is 2.36. The van der Waals surface area contributed by atoms with Crippen molar-refractivity contribution in [1.29, 1.82) is 0 Å². The van der Waals surface area contributed by atoms with Crippen LogP contribution in [0, 0.1) is 11.7 Å². The fraction of sp³-hybridized carbons (Fsp3) is 0.379. The summed E-state index contributed by atoms with van der Waals surface area (Å²) >= 11 is 0. The molecule has 2 unspecified atom stereocenters. The predicted molar refractivity (Wildman–Crippen MR) is 133 cm³/mol. The van der Waals surface area contributed by atoms with Gasteiger partial charge in [-0.15, -0.1) is 0 Å². The number of carboxylic acid groups (broad SMARTS) is 1. The zero-order chi connectivity index (χ0) is 24.8. The van der Waals surface area contributed by atoms with E-state index >= 15 is 4.39 Å². The molecule has 0 radical (unpaired) electrons. The highest BCUT2D eigenvalue weighted by Gasteiger charge is 2.23. The van der Waals surface area contributed by atoms with Crippen LogP contribution in [0.15, 0.2) is 54.7 Å². The largest absolute Gasteiger partial charge is 0.485 e. The van der Waals surface area contributed by atoms with E-state index in [-0.39, 0.29) is 5.82 Å². The fourth-order valence-corrected chi connectivity index (χ4v) is 4.06. The van der Waals surface area contributed by atoms with Gasteiger partial charge in [-0.05, 0) is 66.1 Å². The maximum absolute atomic E-state index is 15.2. The molecule has 5 nitrogen and oxygen atoms in total. The lowest BCUT2D eigenvalue weighted by Gasteiger charge is -2.20. The highest BCUT2D eigenvalue weighted by molar-refractivity contribution is 5.70. The van der Waals surface area contributed by atoms with E-state index in [4.69, 9.17) is 9.47 Å². The van der Waals surface area contributed by atoms with Gasteiger partial charge < -0.3 is 14.6 Å².